The molecule has 0 amide bonds. The van der Waals surface area contributed by atoms with Crippen molar-refractivity contribution in [3.63, 3.8) is 0 Å². The monoisotopic (exact) mass is 187 g/mol. The lowest BCUT2D eigenvalue weighted by atomic mass is 10.1. The van der Waals surface area contributed by atoms with Crippen molar-refractivity contribution in [1.29, 1.82) is 0 Å². The minimum atomic E-state index is 0.933. The SMILES string of the molecule is CC#CCCNCc1ccccc1C. The van der Waals surface area contributed by atoms with Crippen LogP contribution in [-0.2, 0) is 6.54 Å². The van der Waals surface area contributed by atoms with E-state index >= 15 is 0 Å². The first-order chi connectivity index (χ1) is 6.84. The molecule has 0 fully saturated rings. The summed E-state index contributed by atoms with van der Waals surface area (Å²) in [6, 6.07) is 8.45. The third-order valence-corrected chi connectivity index (χ3v) is 2.18. The number of hydrogen-bond acceptors (Lipinski definition) is 1. The first kappa shape index (κ1) is 10.8. The molecule has 0 spiro atoms. The third-order valence-electron chi connectivity index (χ3n) is 2.18. The van der Waals surface area contributed by atoms with Crippen LogP contribution in [0.5, 0.6) is 0 Å². The van der Waals surface area contributed by atoms with Crippen molar-refractivity contribution in [2.75, 3.05) is 6.54 Å². The molecule has 0 atom stereocenters. The van der Waals surface area contributed by atoms with Crippen molar-refractivity contribution >= 4 is 0 Å². The molecule has 1 N–H and O–H groups in total. The fraction of sp³-hybridized carbons (Fsp3) is 0.385. The summed E-state index contributed by atoms with van der Waals surface area (Å²) in [4.78, 5) is 0. The van der Waals surface area contributed by atoms with Gasteiger partial charge in [-0.3, -0.25) is 0 Å². The van der Waals surface area contributed by atoms with Gasteiger partial charge in [0.1, 0.15) is 0 Å². The number of nitrogens with one attached hydrogen (secondary N) is 1. The zero-order valence-electron chi connectivity index (χ0n) is 8.93. The highest BCUT2D eigenvalue weighted by atomic mass is 14.8. The molecule has 1 nitrogen and oxygen atoms in total. The maximum absolute atomic E-state index is 3.37. The van der Waals surface area contributed by atoms with Gasteiger partial charge >= 0.3 is 0 Å². The van der Waals surface area contributed by atoms with Gasteiger partial charge in [-0.05, 0) is 25.0 Å². The molecular formula is C13H17N. The topological polar surface area (TPSA) is 12.0 Å². The van der Waals surface area contributed by atoms with Gasteiger partial charge in [-0.1, -0.05) is 24.3 Å². The standard InChI is InChI=1S/C13H17N/c1-3-4-7-10-14-11-13-9-6-5-8-12(13)2/h5-6,8-9,14H,7,10-11H2,1-2H3. The normalized spacial score (nSPS) is 9.29. The Bertz CT molecular complexity index is 331. The molecule has 0 radical (unpaired) electrons. The van der Waals surface area contributed by atoms with Gasteiger partial charge in [0.15, 0.2) is 0 Å². The lowest BCUT2D eigenvalue weighted by Crippen LogP contribution is -2.14. The summed E-state index contributed by atoms with van der Waals surface area (Å²) >= 11 is 0. The Kier molecular flexibility index (Phi) is 4.82. The van der Waals surface area contributed by atoms with E-state index in [1.165, 1.54) is 11.1 Å². The average molecular weight is 187 g/mol. The van der Waals surface area contributed by atoms with Crippen LogP contribution in [0.15, 0.2) is 24.3 Å². The Labute approximate surface area is 86.5 Å². The molecule has 0 saturated heterocycles. The molecule has 1 heteroatoms. The molecule has 0 bridgehead atoms. The molecule has 0 saturated carbocycles. The maximum atomic E-state index is 3.37. The van der Waals surface area contributed by atoms with Crippen molar-refractivity contribution in [3.05, 3.63) is 35.4 Å². The molecular weight excluding hydrogens is 170 g/mol. The highest BCUT2D eigenvalue weighted by Crippen LogP contribution is 2.05. The van der Waals surface area contributed by atoms with Crippen LogP contribution in [0.2, 0.25) is 0 Å². The Morgan fingerprint density at radius 1 is 1.29 bits per heavy atom. The van der Waals surface area contributed by atoms with Crippen LogP contribution >= 0.6 is 0 Å². The third kappa shape index (κ3) is 3.64. The minimum absolute atomic E-state index is 0.933. The fourth-order valence-corrected chi connectivity index (χ4v) is 1.31. The largest absolute Gasteiger partial charge is 0.312 e. The van der Waals surface area contributed by atoms with Crippen LogP contribution in [-0.4, -0.2) is 6.54 Å². The van der Waals surface area contributed by atoms with Gasteiger partial charge in [0, 0.05) is 19.5 Å². The first-order valence-electron chi connectivity index (χ1n) is 4.99. The lowest BCUT2D eigenvalue weighted by molar-refractivity contribution is 0.698. The van der Waals surface area contributed by atoms with E-state index in [1.54, 1.807) is 0 Å². The van der Waals surface area contributed by atoms with Gasteiger partial charge in [-0.15, -0.1) is 11.8 Å². The molecule has 1 aromatic rings. The minimum Gasteiger partial charge on any atom is -0.312 e. The Balaban J connectivity index is 2.30. The summed E-state index contributed by atoms with van der Waals surface area (Å²) < 4.78 is 0. The molecule has 0 aromatic heterocycles. The second-order valence-corrected chi connectivity index (χ2v) is 3.28. The van der Waals surface area contributed by atoms with Crippen molar-refractivity contribution in [3.8, 4) is 11.8 Å². The lowest BCUT2D eigenvalue weighted by Gasteiger charge is -2.05. The molecule has 1 rings (SSSR count). The van der Waals surface area contributed by atoms with Gasteiger partial charge in [0.25, 0.3) is 0 Å². The molecule has 14 heavy (non-hydrogen) atoms. The molecule has 0 heterocycles. The summed E-state index contributed by atoms with van der Waals surface area (Å²) in [5.74, 6) is 5.92. The van der Waals surface area contributed by atoms with Crippen LogP contribution in [0.25, 0.3) is 0 Å². The van der Waals surface area contributed by atoms with E-state index < -0.39 is 0 Å². The van der Waals surface area contributed by atoms with Crippen LogP contribution in [0, 0.1) is 18.8 Å². The summed E-state index contributed by atoms with van der Waals surface area (Å²) in [6.07, 6.45) is 0.933. The van der Waals surface area contributed by atoms with E-state index in [-0.39, 0.29) is 0 Å². The molecule has 0 aliphatic heterocycles. The average Bonchev–Trinajstić information content (AvgIpc) is 2.20. The first-order valence-corrected chi connectivity index (χ1v) is 4.99. The maximum Gasteiger partial charge on any atom is 0.0214 e. The fourth-order valence-electron chi connectivity index (χ4n) is 1.31. The summed E-state index contributed by atoms with van der Waals surface area (Å²) in [6.45, 7) is 5.93. The van der Waals surface area contributed by atoms with Crippen molar-refractivity contribution in [2.24, 2.45) is 0 Å². The Morgan fingerprint density at radius 3 is 2.79 bits per heavy atom. The zero-order chi connectivity index (χ0) is 10.2. The van der Waals surface area contributed by atoms with Crippen LogP contribution in [0.4, 0.5) is 0 Å². The van der Waals surface area contributed by atoms with Gasteiger partial charge in [0.2, 0.25) is 0 Å². The van der Waals surface area contributed by atoms with Gasteiger partial charge in [0.05, 0.1) is 0 Å². The van der Waals surface area contributed by atoms with Crippen LogP contribution in [0.3, 0.4) is 0 Å². The molecule has 74 valence electrons. The predicted molar refractivity (Wildman–Crippen MR) is 61.0 cm³/mol. The van der Waals surface area contributed by atoms with Crippen molar-refractivity contribution < 1.29 is 0 Å². The van der Waals surface area contributed by atoms with E-state index in [2.05, 4.69) is 48.3 Å². The second kappa shape index (κ2) is 6.23. The van der Waals surface area contributed by atoms with Crippen molar-refractivity contribution in [1.82, 2.24) is 5.32 Å². The highest BCUT2D eigenvalue weighted by molar-refractivity contribution is 5.25. The van der Waals surface area contributed by atoms with E-state index in [1.807, 2.05) is 6.92 Å². The summed E-state index contributed by atoms with van der Waals surface area (Å²) in [7, 11) is 0. The Hall–Kier alpha value is -1.26. The van der Waals surface area contributed by atoms with E-state index in [9.17, 15) is 0 Å². The molecule has 0 aliphatic carbocycles. The van der Waals surface area contributed by atoms with Gasteiger partial charge < -0.3 is 5.32 Å². The zero-order valence-corrected chi connectivity index (χ0v) is 8.93. The summed E-state index contributed by atoms with van der Waals surface area (Å²) in [5, 5.41) is 3.37. The highest BCUT2D eigenvalue weighted by Gasteiger charge is 1.94. The molecule has 0 aliphatic rings. The quantitative estimate of drug-likeness (QED) is 0.564. The Morgan fingerprint density at radius 2 is 2.07 bits per heavy atom. The van der Waals surface area contributed by atoms with Crippen LogP contribution < -0.4 is 5.32 Å². The van der Waals surface area contributed by atoms with Crippen LogP contribution in [0.1, 0.15) is 24.5 Å². The smallest absolute Gasteiger partial charge is 0.0214 e. The number of benzene rings is 1. The van der Waals surface area contributed by atoms with E-state index in [0.717, 1.165) is 19.5 Å². The predicted octanol–water partition coefficient (Wildman–Crippen LogP) is 2.50. The molecule has 1 aromatic carbocycles. The number of aryl methyl sites for hydroxylation is 1. The number of rotatable bonds is 4. The van der Waals surface area contributed by atoms with Crippen molar-refractivity contribution in [2.45, 2.75) is 26.8 Å². The number of hydrogen-bond donors (Lipinski definition) is 1. The molecule has 0 unspecified atom stereocenters. The van der Waals surface area contributed by atoms with Gasteiger partial charge in [-0.2, -0.15) is 0 Å². The van der Waals surface area contributed by atoms with E-state index in [0.29, 0.717) is 0 Å². The summed E-state index contributed by atoms with van der Waals surface area (Å²) in [5.41, 5.74) is 2.72. The second-order valence-electron chi connectivity index (χ2n) is 3.28. The van der Waals surface area contributed by atoms with Gasteiger partial charge in [-0.25, -0.2) is 0 Å². The van der Waals surface area contributed by atoms with E-state index in [4.69, 9.17) is 0 Å².